The van der Waals surface area contributed by atoms with E-state index in [4.69, 9.17) is 4.74 Å². The molecule has 162 valence electrons. The van der Waals surface area contributed by atoms with Crippen LogP contribution < -0.4 is 5.32 Å². The lowest BCUT2D eigenvalue weighted by atomic mass is 9.77. The SMILES string of the molecule is O=C(NCc1ccccn1)[C@H]1[C@H]2C(=O)N(CCc3c[nH]c4ccccc34)C[C@]23C=C[C@H]1O3. The minimum Gasteiger partial charge on any atom is -0.361 e. The summed E-state index contributed by atoms with van der Waals surface area (Å²) in [4.78, 5) is 35.9. The number of carbonyl (C=O) groups is 2. The van der Waals surface area contributed by atoms with Gasteiger partial charge in [0.05, 0.1) is 36.7 Å². The number of amides is 2. The van der Waals surface area contributed by atoms with Gasteiger partial charge in [-0.15, -0.1) is 0 Å². The van der Waals surface area contributed by atoms with Crippen LogP contribution >= 0.6 is 0 Å². The zero-order valence-electron chi connectivity index (χ0n) is 17.5. The summed E-state index contributed by atoms with van der Waals surface area (Å²) in [5.74, 6) is -1.11. The molecule has 2 aromatic heterocycles. The molecule has 2 N–H and O–H groups in total. The van der Waals surface area contributed by atoms with Crippen LogP contribution in [0.1, 0.15) is 11.3 Å². The molecule has 0 unspecified atom stereocenters. The maximum absolute atomic E-state index is 13.4. The average Bonchev–Trinajstić information content (AvgIpc) is 3.56. The first kappa shape index (κ1) is 19.3. The number of para-hydroxylation sites is 1. The van der Waals surface area contributed by atoms with E-state index in [1.807, 2.05) is 53.6 Å². The summed E-state index contributed by atoms with van der Waals surface area (Å²) in [6.45, 7) is 1.43. The Bertz CT molecular complexity index is 1220. The van der Waals surface area contributed by atoms with Crippen molar-refractivity contribution in [2.75, 3.05) is 13.1 Å². The van der Waals surface area contributed by atoms with E-state index in [1.54, 1.807) is 6.20 Å². The minimum absolute atomic E-state index is 0.00896. The summed E-state index contributed by atoms with van der Waals surface area (Å²) in [5, 5.41) is 4.14. The molecule has 1 aromatic carbocycles. The number of nitrogens with zero attached hydrogens (tertiary/aromatic N) is 2. The average molecular weight is 428 g/mol. The van der Waals surface area contributed by atoms with Crippen molar-refractivity contribution in [2.24, 2.45) is 11.8 Å². The second kappa shape index (κ2) is 7.31. The Morgan fingerprint density at radius 3 is 3.00 bits per heavy atom. The molecule has 2 amide bonds. The van der Waals surface area contributed by atoms with Crippen molar-refractivity contribution < 1.29 is 14.3 Å². The molecular weight excluding hydrogens is 404 g/mol. The van der Waals surface area contributed by atoms with Gasteiger partial charge in [0.1, 0.15) is 5.60 Å². The van der Waals surface area contributed by atoms with Gasteiger partial charge in [-0.25, -0.2) is 0 Å². The van der Waals surface area contributed by atoms with E-state index in [9.17, 15) is 9.59 Å². The fourth-order valence-corrected chi connectivity index (χ4v) is 5.46. The molecule has 2 saturated heterocycles. The number of nitrogens with one attached hydrogen (secondary N) is 2. The standard InChI is InChI=1S/C25H24N4O3/c30-23(28-14-17-5-3-4-11-26-17)21-20-8-10-25(32-20)15-29(24(31)22(21)25)12-9-16-13-27-19-7-2-1-6-18(16)19/h1-8,10-11,13,20-22,27H,9,12,14-15H2,(H,28,30)/t20-,21-,22+,25-/m1/s1. The molecule has 2 bridgehead atoms. The van der Waals surface area contributed by atoms with Gasteiger partial charge in [0, 0.05) is 29.8 Å². The van der Waals surface area contributed by atoms with E-state index in [1.165, 1.54) is 10.9 Å². The zero-order chi connectivity index (χ0) is 21.7. The largest absolute Gasteiger partial charge is 0.361 e. The van der Waals surface area contributed by atoms with E-state index in [2.05, 4.69) is 27.4 Å². The minimum atomic E-state index is -0.686. The van der Waals surface area contributed by atoms with Crippen LogP contribution in [-0.4, -0.2) is 51.5 Å². The summed E-state index contributed by atoms with van der Waals surface area (Å²) in [6.07, 6.45) is 8.06. The van der Waals surface area contributed by atoms with Gasteiger partial charge in [0.25, 0.3) is 0 Å². The Morgan fingerprint density at radius 2 is 2.12 bits per heavy atom. The van der Waals surface area contributed by atoms with Crippen LogP contribution in [0.2, 0.25) is 0 Å². The molecule has 2 fully saturated rings. The van der Waals surface area contributed by atoms with Gasteiger partial charge < -0.3 is 19.9 Å². The number of aromatic amines is 1. The predicted octanol–water partition coefficient (Wildman–Crippen LogP) is 2.20. The summed E-state index contributed by atoms with van der Waals surface area (Å²) in [7, 11) is 0. The highest BCUT2D eigenvalue weighted by Crippen LogP contribution is 2.51. The van der Waals surface area contributed by atoms with Crippen LogP contribution in [0.5, 0.6) is 0 Å². The lowest BCUT2D eigenvalue weighted by Crippen LogP contribution is -2.44. The molecule has 32 heavy (non-hydrogen) atoms. The third-order valence-electron chi connectivity index (χ3n) is 6.98. The van der Waals surface area contributed by atoms with Crippen LogP contribution in [0.15, 0.2) is 67.0 Å². The fraction of sp³-hybridized carbons (Fsp3) is 0.320. The van der Waals surface area contributed by atoms with Crippen LogP contribution in [0, 0.1) is 11.8 Å². The van der Waals surface area contributed by atoms with Crippen LogP contribution in [0.25, 0.3) is 10.9 Å². The Morgan fingerprint density at radius 1 is 1.25 bits per heavy atom. The smallest absolute Gasteiger partial charge is 0.230 e. The molecule has 6 rings (SSSR count). The highest BCUT2D eigenvalue weighted by atomic mass is 16.5. The van der Waals surface area contributed by atoms with Gasteiger partial charge in [0.15, 0.2) is 0 Å². The summed E-state index contributed by atoms with van der Waals surface area (Å²) >= 11 is 0. The lowest BCUT2D eigenvalue weighted by molar-refractivity contribution is -0.137. The van der Waals surface area contributed by atoms with Gasteiger partial charge in [0.2, 0.25) is 11.8 Å². The Kier molecular flexibility index (Phi) is 4.40. The first-order chi connectivity index (χ1) is 15.6. The number of hydrogen-bond acceptors (Lipinski definition) is 4. The molecule has 0 aliphatic carbocycles. The molecule has 3 aliphatic rings. The van der Waals surface area contributed by atoms with Crippen molar-refractivity contribution in [3.63, 3.8) is 0 Å². The number of fused-ring (bicyclic) bond motifs is 2. The Labute approximate surface area is 185 Å². The first-order valence-corrected chi connectivity index (χ1v) is 11.0. The van der Waals surface area contributed by atoms with E-state index in [0.717, 1.165) is 17.6 Å². The van der Waals surface area contributed by atoms with E-state index in [0.29, 0.717) is 19.6 Å². The van der Waals surface area contributed by atoms with Crippen molar-refractivity contribution in [3.8, 4) is 0 Å². The third-order valence-corrected chi connectivity index (χ3v) is 6.98. The fourth-order valence-electron chi connectivity index (χ4n) is 5.46. The van der Waals surface area contributed by atoms with Gasteiger partial charge in [-0.3, -0.25) is 14.6 Å². The van der Waals surface area contributed by atoms with Crippen molar-refractivity contribution >= 4 is 22.7 Å². The monoisotopic (exact) mass is 428 g/mol. The molecule has 0 saturated carbocycles. The number of ether oxygens (including phenoxy) is 1. The quantitative estimate of drug-likeness (QED) is 0.590. The normalized spacial score (nSPS) is 27.9. The number of aromatic nitrogens is 2. The van der Waals surface area contributed by atoms with Crippen LogP contribution in [-0.2, 0) is 27.3 Å². The first-order valence-electron chi connectivity index (χ1n) is 11.0. The van der Waals surface area contributed by atoms with E-state index in [-0.39, 0.29) is 17.9 Å². The summed E-state index contributed by atoms with van der Waals surface area (Å²) in [5.41, 5.74) is 2.39. The van der Waals surface area contributed by atoms with Crippen molar-refractivity contribution in [3.05, 3.63) is 78.3 Å². The predicted molar refractivity (Wildman–Crippen MR) is 118 cm³/mol. The zero-order valence-corrected chi connectivity index (χ0v) is 17.5. The molecule has 0 radical (unpaired) electrons. The number of rotatable bonds is 6. The van der Waals surface area contributed by atoms with Gasteiger partial charge in [-0.1, -0.05) is 36.4 Å². The Hall–Kier alpha value is -3.45. The second-order valence-electron chi connectivity index (χ2n) is 8.81. The number of likely N-dealkylation sites (tertiary alicyclic amines) is 1. The molecule has 7 heteroatoms. The maximum Gasteiger partial charge on any atom is 0.230 e. The van der Waals surface area contributed by atoms with Crippen LogP contribution in [0.3, 0.4) is 0 Å². The number of carbonyl (C=O) groups excluding carboxylic acids is 2. The number of benzene rings is 1. The topological polar surface area (TPSA) is 87.3 Å². The highest BCUT2D eigenvalue weighted by Gasteiger charge is 2.66. The van der Waals surface area contributed by atoms with Crippen molar-refractivity contribution in [1.82, 2.24) is 20.2 Å². The van der Waals surface area contributed by atoms with E-state index >= 15 is 0 Å². The second-order valence-corrected chi connectivity index (χ2v) is 8.81. The summed E-state index contributed by atoms with van der Waals surface area (Å²) in [6, 6.07) is 13.8. The molecule has 3 aromatic rings. The molecule has 5 heterocycles. The number of H-pyrrole nitrogens is 1. The summed E-state index contributed by atoms with van der Waals surface area (Å²) < 4.78 is 6.22. The highest BCUT2D eigenvalue weighted by molar-refractivity contribution is 5.93. The molecule has 7 nitrogen and oxygen atoms in total. The van der Waals surface area contributed by atoms with Crippen molar-refractivity contribution in [1.29, 1.82) is 0 Å². The lowest BCUT2D eigenvalue weighted by Gasteiger charge is -2.23. The van der Waals surface area contributed by atoms with Crippen molar-refractivity contribution in [2.45, 2.75) is 24.7 Å². The van der Waals surface area contributed by atoms with Crippen LogP contribution in [0.4, 0.5) is 0 Å². The number of pyridine rings is 1. The van der Waals surface area contributed by atoms with Gasteiger partial charge >= 0.3 is 0 Å². The number of hydrogen-bond donors (Lipinski definition) is 2. The molecule has 4 atom stereocenters. The Balaban J connectivity index is 1.17. The third kappa shape index (κ3) is 2.96. The molecule has 3 aliphatic heterocycles. The molecule has 1 spiro atoms. The van der Waals surface area contributed by atoms with Gasteiger partial charge in [-0.05, 0) is 30.2 Å². The molecular formula is C25H24N4O3. The van der Waals surface area contributed by atoms with Gasteiger partial charge in [-0.2, -0.15) is 0 Å². The maximum atomic E-state index is 13.4. The van der Waals surface area contributed by atoms with E-state index < -0.39 is 17.4 Å².